The minimum Gasteiger partial charge on any atom is -0.306 e. The summed E-state index contributed by atoms with van der Waals surface area (Å²) in [5.41, 5.74) is -0.779. The second-order valence-electron chi connectivity index (χ2n) is 4.28. The molecule has 0 bridgehead atoms. The molecule has 4 nitrogen and oxygen atoms in total. The maximum absolute atomic E-state index is 13.2. The lowest BCUT2D eigenvalue weighted by molar-refractivity contribution is -0.137. The van der Waals surface area contributed by atoms with Crippen LogP contribution in [-0.2, 0) is 26.3 Å². The Morgan fingerprint density at radius 1 is 1.20 bits per heavy atom. The molecule has 0 radical (unpaired) electrons. The molecule has 0 amide bonds. The van der Waals surface area contributed by atoms with E-state index >= 15 is 0 Å². The van der Waals surface area contributed by atoms with Crippen LogP contribution in [0.25, 0.3) is 0 Å². The molecule has 0 atom stereocenters. The van der Waals surface area contributed by atoms with Gasteiger partial charge >= 0.3 is 6.18 Å². The fourth-order valence-electron chi connectivity index (χ4n) is 1.70. The fourth-order valence-corrected chi connectivity index (χ4v) is 1.70. The molecule has 108 valence electrons. The lowest BCUT2D eigenvalue weighted by atomic mass is 10.1. The zero-order valence-corrected chi connectivity index (χ0v) is 10.6. The highest BCUT2D eigenvalue weighted by Gasteiger charge is 2.31. The number of nitrogens with one attached hydrogen (secondary N) is 1. The van der Waals surface area contributed by atoms with E-state index in [2.05, 4.69) is 15.4 Å². The Balaban J connectivity index is 2.00. The van der Waals surface area contributed by atoms with Gasteiger partial charge in [-0.3, -0.25) is 4.68 Å². The normalized spacial score (nSPS) is 11.8. The highest BCUT2D eigenvalue weighted by Crippen LogP contribution is 2.30. The number of alkyl halides is 3. The number of rotatable bonds is 4. The number of halogens is 4. The van der Waals surface area contributed by atoms with Gasteiger partial charge < -0.3 is 5.32 Å². The van der Waals surface area contributed by atoms with Crippen LogP contribution in [0.4, 0.5) is 17.6 Å². The van der Waals surface area contributed by atoms with E-state index in [-0.39, 0.29) is 12.1 Å². The minimum atomic E-state index is -4.56. The summed E-state index contributed by atoms with van der Waals surface area (Å²) in [5, 5.41) is 6.87. The summed E-state index contributed by atoms with van der Waals surface area (Å²) in [4.78, 5) is 3.96. The molecular formula is C12H12F4N4. The van der Waals surface area contributed by atoms with Crippen molar-refractivity contribution >= 4 is 0 Å². The predicted molar refractivity (Wildman–Crippen MR) is 62.9 cm³/mol. The van der Waals surface area contributed by atoms with Gasteiger partial charge in [0.2, 0.25) is 0 Å². The van der Waals surface area contributed by atoms with E-state index in [0.29, 0.717) is 18.4 Å². The predicted octanol–water partition coefficient (Wildman–Crippen LogP) is 2.26. The molecule has 0 spiro atoms. The zero-order valence-electron chi connectivity index (χ0n) is 10.6. The molecule has 20 heavy (non-hydrogen) atoms. The van der Waals surface area contributed by atoms with Crippen LogP contribution in [-0.4, -0.2) is 14.8 Å². The van der Waals surface area contributed by atoms with Crippen LogP contribution in [0.2, 0.25) is 0 Å². The highest BCUT2D eigenvalue weighted by atomic mass is 19.4. The third kappa shape index (κ3) is 3.77. The SMILES string of the molecule is Cn1cnc(CNCc2cc(F)cc(C(F)(F)F)c2)n1. The summed E-state index contributed by atoms with van der Waals surface area (Å²) in [5.74, 6) is -0.396. The first kappa shape index (κ1) is 14.4. The number of nitrogens with zero attached hydrogens (tertiary/aromatic N) is 3. The Bertz CT molecular complexity index is 591. The van der Waals surface area contributed by atoms with Crippen molar-refractivity contribution in [2.24, 2.45) is 7.05 Å². The fraction of sp³-hybridized carbons (Fsp3) is 0.333. The Morgan fingerprint density at radius 3 is 2.55 bits per heavy atom. The molecule has 0 saturated heterocycles. The molecule has 0 aliphatic rings. The Hall–Kier alpha value is -1.96. The number of aryl methyl sites for hydroxylation is 1. The summed E-state index contributed by atoms with van der Waals surface area (Å²) in [6.07, 6.45) is -3.04. The number of hydrogen-bond acceptors (Lipinski definition) is 3. The Labute approximate surface area is 112 Å². The van der Waals surface area contributed by atoms with Gasteiger partial charge in [0.1, 0.15) is 12.1 Å². The minimum absolute atomic E-state index is 0.0963. The van der Waals surface area contributed by atoms with Gasteiger partial charge in [-0.15, -0.1) is 0 Å². The summed E-state index contributed by atoms with van der Waals surface area (Å²) in [7, 11) is 1.71. The Kier molecular flexibility index (Phi) is 4.03. The Morgan fingerprint density at radius 2 is 1.95 bits per heavy atom. The third-order valence-electron chi connectivity index (χ3n) is 2.54. The van der Waals surface area contributed by atoms with E-state index in [0.717, 1.165) is 12.1 Å². The van der Waals surface area contributed by atoms with Gasteiger partial charge in [0.25, 0.3) is 0 Å². The van der Waals surface area contributed by atoms with Gasteiger partial charge in [-0.05, 0) is 23.8 Å². The number of aromatic nitrogens is 3. The van der Waals surface area contributed by atoms with Gasteiger partial charge in [-0.25, -0.2) is 9.37 Å². The largest absolute Gasteiger partial charge is 0.416 e. The number of hydrogen-bond donors (Lipinski definition) is 1. The van der Waals surface area contributed by atoms with Crippen LogP contribution in [0.15, 0.2) is 24.5 Å². The lowest BCUT2D eigenvalue weighted by Crippen LogP contribution is -2.15. The zero-order chi connectivity index (χ0) is 14.8. The topological polar surface area (TPSA) is 42.7 Å². The second kappa shape index (κ2) is 5.58. The molecule has 0 saturated carbocycles. The lowest BCUT2D eigenvalue weighted by Gasteiger charge is -2.09. The van der Waals surface area contributed by atoms with Gasteiger partial charge in [-0.1, -0.05) is 0 Å². The van der Waals surface area contributed by atoms with Crippen molar-refractivity contribution in [1.29, 1.82) is 0 Å². The molecule has 0 fully saturated rings. The van der Waals surface area contributed by atoms with Gasteiger partial charge in [-0.2, -0.15) is 18.3 Å². The maximum atomic E-state index is 13.2. The molecule has 1 aromatic carbocycles. The molecule has 0 aliphatic heterocycles. The average molecular weight is 288 g/mol. The van der Waals surface area contributed by atoms with Crippen molar-refractivity contribution in [3.8, 4) is 0 Å². The quantitative estimate of drug-likeness (QED) is 0.878. The summed E-state index contributed by atoms with van der Waals surface area (Å²) < 4.78 is 52.3. The summed E-state index contributed by atoms with van der Waals surface area (Å²) >= 11 is 0. The summed E-state index contributed by atoms with van der Waals surface area (Å²) in [6, 6.07) is 2.46. The van der Waals surface area contributed by atoms with Gasteiger partial charge in [0.15, 0.2) is 5.82 Å². The van der Waals surface area contributed by atoms with Crippen molar-refractivity contribution in [2.75, 3.05) is 0 Å². The molecule has 2 aromatic rings. The third-order valence-corrected chi connectivity index (χ3v) is 2.54. The monoisotopic (exact) mass is 288 g/mol. The molecule has 0 unspecified atom stereocenters. The van der Waals surface area contributed by atoms with E-state index in [1.54, 1.807) is 7.05 Å². The van der Waals surface area contributed by atoms with Crippen molar-refractivity contribution in [2.45, 2.75) is 19.3 Å². The molecule has 1 heterocycles. The van der Waals surface area contributed by atoms with Crippen LogP contribution in [0.5, 0.6) is 0 Å². The molecular weight excluding hydrogens is 276 g/mol. The first-order valence-electron chi connectivity index (χ1n) is 5.76. The van der Waals surface area contributed by atoms with Crippen LogP contribution in [0.3, 0.4) is 0 Å². The first-order valence-corrected chi connectivity index (χ1v) is 5.76. The standard InChI is InChI=1S/C12H12F4N4/c1-20-7-18-11(19-20)6-17-5-8-2-9(12(14,15)16)4-10(13)3-8/h2-4,7,17H,5-6H2,1H3. The van der Waals surface area contributed by atoms with E-state index in [9.17, 15) is 17.6 Å². The van der Waals surface area contributed by atoms with Crippen LogP contribution >= 0.6 is 0 Å². The van der Waals surface area contributed by atoms with Crippen molar-refractivity contribution in [1.82, 2.24) is 20.1 Å². The van der Waals surface area contributed by atoms with Crippen LogP contribution in [0.1, 0.15) is 17.0 Å². The van der Waals surface area contributed by atoms with Crippen molar-refractivity contribution in [3.63, 3.8) is 0 Å². The van der Waals surface area contributed by atoms with E-state index in [1.165, 1.54) is 11.0 Å². The van der Waals surface area contributed by atoms with Crippen molar-refractivity contribution < 1.29 is 17.6 Å². The van der Waals surface area contributed by atoms with Gasteiger partial charge in [0.05, 0.1) is 12.1 Å². The molecule has 1 aromatic heterocycles. The summed E-state index contributed by atoms with van der Waals surface area (Å²) in [6.45, 7) is 0.387. The second-order valence-corrected chi connectivity index (χ2v) is 4.28. The smallest absolute Gasteiger partial charge is 0.306 e. The van der Waals surface area contributed by atoms with Gasteiger partial charge in [0, 0.05) is 13.6 Å². The van der Waals surface area contributed by atoms with E-state index in [1.807, 2.05) is 0 Å². The van der Waals surface area contributed by atoms with Crippen molar-refractivity contribution in [3.05, 3.63) is 47.3 Å². The van der Waals surface area contributed by atoms with Crippen LogP contribution < -0.4 is 5.32 Å². The maximum Gasteiger partial charge on any atom is 0.416 e. The highest BCUT2D eigenvalue weighted by molar-refractivity contribution is 5.26. The molecule has 1 N–H and O–H groups in total. The number of benzene rings is 1. The van der Waals surface area contributed by atoms with E-state index in [4.69, 9.17) is 0 Å². The molecule has 0 aliphatic carbocycles. The first-order chi connectivity index (χ1) is 9.34. The molecule has 8 heteroatoms. The van der Waals surface area contributed by atoms with Crippen LogP contribution in [0, 0.1) is 5.82 Å². The van der Waals surface area contributed by atoms with E-state index < -0.39 is 17.6 Å². The average Bonchev–Trinajstić information content (AvgIpc) is 2.73. The molecule has 2 rings (SSSR count).